The number of quaternary nitrogens is 1. The molecule has 3 amide bonds. The molecule has 0 aromatic rings. The van der Waals surface area contributed by atoms with E-state index in [1.54, 1.807) is 0 Å². The topological polar surface area (TPSA) is 177 Å². The molecule has 8 N–H and O–H groups in total. The second-order valence-corrected chi connectivity index (χ2v) is 4.48. The van der Waals surface area contributed by atoms with Crippen molar-refractivity contribution in [2.75, 3.05) is 0 Å². The predicted molar refractivity (Wildman–Crippen MR) is 64.1 cm³/mol. The fourth-order valence-electron chi connectivity index (χ4n) is 1.78. The van der Waals surface area contributed by atoms with Crippen LogP contribution in [0.3, 0.4) is 0 Å². The van der Waals surface area contributed by atoms with Gasteiger partial charge in [-0.3, -0.25) is 14.4 Å². The van der Waals surface area contributed by atoms with Gasteiger partial charge in [0.1, 0.15) is 5.54 Å². The van der Waals surface area contributed by atoms with E-state index in [4.69, 9.17) is 17.2 Å². The molecular formula is C10H20N4O5. The number of nitrogens with two attached hydrogens (primary N) is 3. The van der Waals surface area contributed by atoms with Gasteiger partial charge in [-0.05, 0) is 0 Å². The van der Waals surface area contributed by atoms with Crippen molar-refractivity contribution in [1.29, 1.82) is 0 Å². The fourth-order valence-corrected chi connectivity index (χ4v) is 1.78. The summed E-state index contributed by atoms with van der Waals surface area (Å²) in [5.41, 5.74) is 13.6. The third-order valence-corrected chi connectivity index (χ3v) is 3.00. The lowest BCUT2D eigenvalue weighted by Crippen LogP contribution is -3.14. The molecule has 0 aliphatic heterocycles. The second-order valence-electron chi connectivity index (χ2n) is 4.48. The van der Waals surface area contributed by atoms with E-state index in [0.29, 0.717) is 0 Å². The summed E-state index contributed by atoms with van der Waals surface area (Å²) in [7, 11) is 0. The van der Waals surface area contributed by atoms with Crippen LogP contribution in [0.25, 0.3) is 0 Å². The zero-order valence-electron chi connectivity index (χ0n) is 10.6. The smallest absolute Gasteiger partial charge is 0.217 e. The molecule has 0 fully saturated rings. The monoisotopic (exact) mass is 276 g/mol. The van der Waals surface area contributed by atoms with E-state index in [0.717, 1.165) is 0 Å². The number of hydrogen-bond donors (Lipinski definition) is 5. The number of hydrogen-bond acceptors (Lipinski definition) is 5. The standard InChI is InChI=1S/C10H20N4O5/c11-7(15)1-4-10(14(18)19,5-2-8(12)16)6-3-9(13)17/h14,18H,1-6H2,(H2,11,15)(H2,12,16)(H2,13,17). The quantitative estimate of drug-likeness (QED) is 0.272. The summed E-state index contributed by atoms with van der Waals surface area (Å²) < 4.78 is 0. The van der Waals surface area contributed by atoms with Gasteiger partial charge in [0.2, 0.25) is 17.7 Å². The Labute approximate surface area is 110 Å². The minimum absolute atomic E-state index is 0.0573. The normalized spacial score (nSPS) is 12.9. The first-order valence-corrected chi connectivity index (χ1v) is 5.78. The third-order valence-electron chi connectivity index (χ3n) is 3.00. The molecule has 0 saturated heterocycles. The molecule has 0 spiro atoms. The molecule has 0 heterocycles. The van der Waals surface area contributed by atoms with Crippen LogP contribution in [0.4, 0.5) is 0 Å². The molecule has 0 radical (unpaired) electrons. The summed E-state index contributed by atoms with van der Waals surface area (Å²) in [5, 5.41) is 19.5. The van der Waals surface area contributed by atoms with Gasteiger partial charge in [-0.2, -0.15) is 0 Å². The van der Waals surface area contributed by atoms with Crippen LogP contribution in [0, 0.1) is 5.21 Å². The molecule has 0 rings (SSSR count). The Morgan fingerprint density at radius 1 is 0.895 bits per heavy atom. The van der Waals surface area contributed by atoms with E-state index >= 15 is 0 Å². The maximum atomic E-state index is 11.4. The Kier molecular flexibility index (Phi) is 6.98. The summed E-state index contributed by atoms with van der Waals surface area (Å²) in [5.74, 6) is -1.95. The first kappa shape index (κ1) is 17.3. The highest BCUT2D eigenvalue weighted by molar-refractivity contribution is 5.75. The van der Waals surface area contributed by atoms with E-state index in [9.17, 15) is 24.8 Å². The summed E-state index contributed by atoms with van der Waals surface area (Å²) in [6.45, 7) is 0. The van der Waals surface area contributed by atoms with Crippen LogP contribution in [-0.4, -0.2) is 28.5 Å². The average Bonchev–Trinajstić information content (AvgIpc) is 2.27. The number of carbonyl (C=O) groups excluding carboxylic acids is 3. The lowest BCUT2D eigenvalue weighted by molar-refractivity contribution is -1.09. The van der Waals surface area contributed by atoms with Crippen LogP contribution in [0.2, 0.25) is 0 Å². The van der Waals surface area contributed by atoms with Gasteiger partial charge in [-0.15, -0.1) is 0 Å². The van der Waals surface area contributed by atoms with Gasteiger partial charge in [0.15, 0.2) is 0 Å². The average molecular weight is 276 g/mol. The first-order chi connectivity index (χ1) is 8.69. The van der Waals surface area contributed by atoms with Crippen molar-refractivity contribution in [1.82, 2.24) is 0 Å². The lowest BCUT2D eigenvalue weighted by Gasteiger charge is -2.37. The molecular weight excluding hydrogens is 256 g/mol. The van der Waals surface area contributed by atoms with Crippen molar-refractivity contribution in [2.45, 2.75) is 44.1 Å². The van der Waals surface area contributed by atoms with Gasteiger partial charge in [0.05, 0.1) is 0 Å². The number of nitrogens with one attached hydrogen (secondary N) is 1. The third kappa shape index (κ3) is 6.70. The van der Waals surface area contributed by atoms with Crippen molar-refractivity contribution in [3.8, 4) is 0 Å². The van der Waals surface area contributed by atoms with Gasteiger partial charge in [-0.1, -0.05) is 0 Å². The molecule has 0 bridgehead atoms. The Hall–Kier alpha value is -1.71. The molecule has 9 heteroatoms. The Morgan fingerprint density at radius 2 is 1.16 bits per heavy atom. The second kappa shape index (κ2) is 7.67. The molecule has 9 nitrogen and oxygen atoms in total. The molecule has 0 aliphatic rings. The van der Waals surface area contributed by atoms with Crippen LogP contribution in [0.1, 0.15) is 38.5 Å². The van der Waals surface area contributed by atoms with Crippen molar-refractivity contribution in [2.24, 2.45) is 17.2 Å². The van der Waals surface area contributed by atoms with Crippen LogP contribution >= 0.6 is 0 Å². The summed E-state index contributed by atoms with van der Waals surface area (Å²) in [6.07, 6.45) is -0.619. The number of rotatable bonds is 10. The van der Waals surface area contributed by atoms with Crippen molar-refractivity contribution in [3.63, 3.8) is 0 Å². The number of primary amides is 3. The van der Waals surface area contributed by atoms with Gasteiger partial charge in [-0.25, -0.2) is 10.4 Å². The largest absolute Gasteiger partial charge is 0.600 e. The van der Waals surface area contributed by atoms with E-state index in [-0.39, 0.29) is 38.5 Å². The Morgan fingerprint density at radius 3 is 1.32 bits per heavy atom. The molecule has 19 heavy (non-hydrogen) atoms. The summed E-state index contributed by atoms with van der Waals surface area (Å²) in [4.78, 5) is 32.4. The molecule has 1 atom stereocenters. The molecule has 0 aromatic heterocycles. The highest BCUT2D eigenvalue weighted by atomic mass is 16.8. The van der Waals surface area contributed by atoms with Crippen molar-refractivity contribution >= 4 is 17.7 Å². The van der Waals surface area contributed by atoms with Gasteiger partial charge in [0, 0.05) is 38.5 Å². The predicted octanol–water partition coefficient (Wildman–Crippen LogP) is -2.71. The highest BCUT2D eigenvalue weighted by Gasteiger charge is 2.37. The number of carbonyl (C=O) groups is 3. The van der Waals surface area contributed by atoms with Crippen LogP contribution in [0.15, 0.2) is 0 Å². The Bertz CT molecular complexity index is 299. The summed E-state index contributed by atoms with van der Waals surface area (Å²) >= 11 is 0. The van der Waals surface area contributed by atoms with Gasteiger partial charge in [0.25, 0.3) is 0 Å². The van der Waals surface area contributed by atoms with Gasteiger partial charge < -0.3 is 22.4 Å². The van der Waals surface area contributed by atoms with E-state index in [1.807, 2.05) is 0 Å². The highest BCUT2D eigenvalue weighted by Crippen LogP contribution is 2.22. The fraction of sp³-hybridized carbons (Fsp3) is 0.700. The van der Waals surface area contributed by atoms with E-state index in [1.165, 1.54) is 0 Å². The zero-order chi connectivity index (χ0) is 15.1. The van der Waals surface area contributed by atoms with Gasteiger partial charge >= 0.3 is 0 Å². The number of amides is 3. The van der Waals surface area contributed by atoms with E-state index < -0.39 is 28.5 Å². The van der Waals surface area contributed by atoms with Crippen molar-refractivity contribution < 1.29 is 24.8 Å². The minimum Gasteiger partial charge on any atom is -0.600 e. The molecule has 0 aliphatic carbocycles. The molecule has 0 saturated carbocycles. The van der Waals surface area contributed by atoms with Crippen LogP contribution in [0.5, 0.6) is 0 Å². The van der Waals surface area contributed by atoms with Crippen LogP contribution < -0.4 is 22.4 Å². The SMILES string of the molecule is NC(=O)CCC(CCC(N)=O)(CCC(N)=O)[NH+]([O-])O. The molecule has 1 unspecified atom stereocenters. The zero-order valence-corrected chi connectivity index (χ0v) is 10.6. The first-order valence-electron chi connectivity index (χ1n) is 5.78. The maximum absolute atomic E-state index is 11.4. The summed E-state index contributed by atoms with van der Waals surface area (Å²) in [6, 6.07) is 0. The van der Waals surface area contributed by atoms with E-state index in [2.05, 4.69) is 0 Å². The minimum atomic E-state index is -1.39. The lowest BCUT2D eigenvalue weighted by atomic mass is 9.84. The molecule has 0 aromatic carbocycles. The van der Waals surface area contributed by atoms with Crippen molar-refractivity contribution in [3.05, 3.63) is 5.21 Å². The maximum Gasteiger partial charge on any atom is 0.217 e. The Balaban J connectivity index is 4.91. The van der Waals surface area contributed by atoms with Crippen LogP contribution in [-0.2, 0) is 14.4 Å². The number of hydroxylamine groups is 2. The molecule has 110 valence electrons.